The Bertz CT molecular complexity index is 400. The second-order valence-corrected chi connectivity index (χ2v) is 5.66. The standard InChI is InChI=1S/C13H22ClN3/c1-9-6-11(15)10(14)7-12(9)16-8-13(2,3)17(4)5/h6-7,16H,8,15H2,1-5H3. The molecule has 0 saturated heterocycles. The largest absolute Gasteiger partial charge is 0.398 e. The summed E-state index contributed by atoms with van der Waals surface area (Å²) in [4.78, 5) is 2.19. The van der Waals surface area contributed by atoms with Gasteiger partial charge in [-0.25, -0.2) is 0 Å². The van der Waals surface area contributed by atoms with E-state index in [1.165, 1.54) is 0 Å². The number of nitrogens with one attached hydrogen (secondary N) is 1. The maximum Gasteiger partial charge on any atom is 0.0656 e. The summed E-state index contributed by atoms with van der Waals surface area (Å²) < 4.78 is 0. The van der Waals surface area contributed by atoms with E-state index in [-0.39, 0.29) is 5.54 Å². The van der Waals surface area contributed by atoms with Crippen LogP contribution in [-0.2, 0) is 0 Å². The molecule has 1 aromatic carbocycles. The molecule has 0 aliphatic carbocycles. The molecule has 0 heterocycles. The lowest BCUT2D eigenvalue weighted by molar-refractivity contribution is 0.210. The molecule has 0 atom stereocenters. The molecule has 0 amide bonds. The van der Waals surface area contributed by atoms with Crippen LogP contribution in [0.1, 0.15) is 19.4 Å². The zero-order chi connectivity index (χ0) is 13.2. The van der Waals surface area contributed by atoms with E-state index in [9.17, 15) is 0 Å². The minimum absolute atomic E-state index is 0.0836. The lowest BCUT2D eigenvalue weighted by atomic mass is 10.0. The van der Waals surface area contributed by atoms with Crippen molar-refractivity contribution >= 4 is 23.0 Å². The number of halogens is 1. The molecule has 0 radical (unpaired) electrons. The molecular formula is C13H22ClN3. The third kappa shape index (κ3) is 3.51. The van der Waals surface area contributed by atoms with E-state index in [0.717, 1.165) is 17.8 Å². The predicted octanol–water partition coefficient (Wildman–Crippen LogP) is 2.98. The first-order valence-corrected chi connectivity index (χ1v) is 6.09. The summed E-state index contributed by atoms with van der Waals surface area (Å²) in [6, 6.07) is 3.78. The Kier molecular flexibility index (Phi) is 4.28. The van der Waals surface area contributed by atoms with Crippen LogP contribution in [0, 0.1) is 6.92 Å². The highest BCUT2D eigenvalue weighted by molar-refractivity contribution is 6.33. The first-order valence-electron chi connectivity index (χ1n) is 5.71. The number of nitrogens with zero attached hydrogens (tertiary/aromatic N) is 1. The van der Waals surface area contributed by atoms with Gasteiger partial charge in [-0.1, -0.05) is 11.6 Å². The van der Waals surface area contributed by atoms with Gasteiger partial charge >= 0.3 is 0 Å². The molecule has 0 unspecified atom stereocenters. The van der Waals surface area contributed by atoms with Crippen molar-refractivity contribution in [3.05, 3.63) is 22.7 Å². The van der Waals surface area contributed by atoms with Crippen LogP contribution in [-0.4, -0.2) is 31.1 Å². The maximum absolute atomic E-state index is 6.02. The van der Waals surface area contributed by atoms with Gasteiger partial charge in [0.15, 0.2) is 0 Å². The van der Waals surface area contributed by atoms with Crippen LogP contribution in [0.25, 0.3) is 0 Å². The summed E-state index contributed by atoms with van der Waals surface area (Å²) >= 11 is 6.02. The van der Waals surface area contributed by atoms with Gasteiger partial charge in [0, 0.05) is 17.8 Å². The molecule has 1 aromatic rings. The van der Waals surface area contributed by atoms with Crippen molar-refractivity contribution in [1.82, 2.24) is 4.90 Å². The second-order valence-electron chi connectivity index (χ2n) is 5.25. The van der Waals surface area contributed by atoms with Crippen LogP contribution in [0.3, 0.4) is 0 Å². The number of aryl methyl sites for hydroxylation is 1. The molecule has 0 aromatic heterocycles. The molecule has 17 heavy (non-hydrogen) atoms. The fourth-order valence-corrected chi connectivity index (χ4v) is 1.53. The number of anilines is 2. The zero-order valence-electron chi connectivity index (χ0n) is 11.3. The molecule has 0 saturated carbocycles. The van der Waals surface area contributed by atoms with E-state index in [2.05, 4.69) is 38.2 Å². The lowest BCUT2D eigenvalue weighted by Gasteiger charge is -2.33. The van der Waals surface area contributed by atoms with Gasteiger partial charge in [0.1, 0.15) is 0 Å². The van der Waals surface area contributed by atoms with E-state index in [1.807, 2.05) is 19.1 Å². The molecule has 96 valence electrons. The van der Waals surface area contributed by atoms with Crippen LogP contribution < -0.4 is 11.1 Å². The molecule has 0 aliphatic heterocycles. The van der Waals surface area contributed by atoms with Crippen molar-refractivity contribution in [2.45, 2.75) is 26.3 Å². The second kappa shape index (κ2) is 5.15. The normalized spacial score (nSPS) is 11.9. The van der Waals surface area contributed by atoms with Gasteiger partial charge in [0.05, 0.1) is 10.7 Å². The molecule has 4 heteroatoms. The first-order chi connectivity index (χ1) is 7.74. The molecule has 0 aliphatic rings. The van der Waals surface area contributed by atoms with Crippen molar-refractivity contribution in [3.8, 4) is 0 Å². The Labute approximate surface area is 109 Å². The maximum atomic E-state index is 6.02. The van der Waals surface area contributed by atoms with E-state index in [1.54, 1.807) is 0 Å². The number of rotatable bonds is 4. The average molecular weight is 256 g/mol. The van der Waals surface area contributed by atoms with E-state index >= 15 is 0 Å². The smallest absolute Gasteiger partial charge is 0.0656 e. The van der Waals surface area contributed by atoms with Crippen molar-refractivity contribution in [1.29, 1.82) is 0 Å². The quantitative estimate of drug-likeness (QED) is 0.813. The van der Waals surface area contributed by atoms with E-state index in [4.69, 9.17) is 17.3 Å². The summed E-state index contributed by atoms with van der Waals surface area (Å²) in [5.41, 5.74) is 8.62. The van der Waals surface area contributed by atoms with E-state index < -0.39 is 0 Å². The molecular weight excluding hydrogens is 234 g/mol. The van der Waals surface area contributed by atoms with Gasteiger partial charge in [-0.15, -0.1) is 0 Å². The highest BCUT2D eigenvalue weighted by Gasteiger charge is 2.20. The zero-order valence-corrected chi connectivity index (χ0v) is 12.0. The molecule has 0 fully saturated rings. The van der Waals surface area contributed by atoms with Gasteiger partial charge < -0.3 is 16.0 Å². The van der Waals surface area contributed by atoms with Gasteiger partial charge in [0.2, 0.25) is 0 Å². The molecule has 0 bridgehead atoms. The first kappa shape index (κ1) is 14.1. The van der Waals surface area contributed by atoms with Crippen molar-refractivity contribution in [3.63, 3.8) is 0 Å². The Morgan fingerprint density at radius 3 is 2.47 bits per heavy atom. The fraction of sp³-hybridized carbons (Fsp3) is 0.538. The highest BCUT2D eigenvalue weighted by atomic mass is 35.5. The number of benzene rings is 1. The molecule has 0 spiro atoms. The van der Waals surface area contributed by atoms with Crippen LogP contribution in [0.15, 0.2) is 12.1 Å². The number of hydrogen-bond acceptors (Lipinski definition) is 3. The Morgan fingerprint density at radius 2 is 1.94 bits per heavy atom. The summed E-state index contributed by atoms with van der Waals surface area (Å²) in [7, 11) is 4.15. The molecule has 1 rings (SSSR count). The SMILES string of the molecule is Cc1cc(N)c(Cl)cc1NCC(C)(C)N(C)C. The third-order valence-electron chi connectivity index (χ3n) is 3.27. The lowest BCUT2D eigenvalue weighted by Crippen LogP contribution is -2.44. The van der Waals surface area contributed by atoms with Crippen LogP contribution in [0.2, 0.25) is 5.02 Å². The fourth-order valence-electron chi connectivity index (χ4n) is 1.36. The number of nitrogen functional groups attached to an aromatic ring is 1. The third-order valence-corrected chi connectivity index (χ3v) is 3.59. The number of hydrogen-bond donors (Lipinski definition) is 2. The predicted molar refractivity (Wildman–Crippen MR) is 76.9 cm³/mol. The topological polar surface area (TPSA) is 41.3 Å². The van der Waals surface area contributed by atoms with Gasteiger partial charge in [-0.2, -0.15) is 0 Å². The Balaban J connectivity index is 2.80. The van der Waals surface area contributed by atoms with Gasteiger partial charge in [0.25, 0.3) is 0 Å². The summed E-state index contributed by atoms with van der Waals surface area (Å²) in [5, 5.41) is 4.02. The molecule has 3 N–H and O–H groups in total. The van der Waals surface area contributed by atoms with Crippen LogP contribution in [0.4, 0.5) is 11.4 Å². The summed E-state index contributed by atoms with van der Waals surface area (Å²) in [6.07, 6.45) is 0. The van der Waals surface area contributed by atoms with Gasteiger partial charge in [-0.3, -0.25) is 0 Å². The summed E-state index contributed by atoms with van der Waals surface area (Å²) in [6.45, 7) is 7.25. The van der Waals surface area contributed by atoms with Crippen LogP contribution >= 0.6 is 11.6 Å². The minimum atomic E-state index is 0.0836. The minimum Gasteiger partial charge on any atom is -0.398 e. The molecule has 3 nitrogen and oxygen atoms in total. The van der Waals surface area contributed by atoms with Gasteiger partial charge in [-0.05, 0) is 52.6 Å². The van der Waals surface area contributed by atoms with Crippen molar-refractivity contribution < 1.29 is 0 Å². The summed E-state index contributed by atoms with van der Waals surface area (Å²) in [5.74, 6) is 0. The van der Waals surface area contributed by atoms with Crippen molar-refractivity contribution in [2.75, 3.05) is 31.7 Å². The number of likely N-dealkylation sites (N-methyl/N-ethyl adjacent to an activating group) is 1. The van der Waals surface area contributed by atoms with Crippen molar-refractivity contribution in [2.24, 2.45) is 0 Å². The Hall–Kier alpha value is -0.930. The van der Waals surface area contributed by atoms with E-state index in [0.29, 0.717) is 10.7 Å². The average Bonchev–Trinajstić information content (AvgIpc) is 2.21. The van der Waals surface area contributed by atoms with Crippen LogP contribution in [0.5, 0.6) is 0 Å². The highest BCUT2D eigenvalue weighted by Crippen LogP contribution is 2.27. The monoisotopic (exact) mass is 255 g/mol. The Morgan fingerprint density at radius 1 is 1.35 bits per heavy atom. The number of nitrogens with two attached hydrogens (primary N) is 1.